The van der Waals surface area contributed by atoms with E-state index in [4.69, 9.17) is 9.26 Å². The molecule has 7 nitrogen and oxygen atoms in total. The Kier molecular flexibility index (Phi) is 6.89. The van der Waals surface area contributed by atoms with Gasteiger partial charge in [0.1, 0.15) is 5.75 Å². The lowest BCUT2D eigenvalue weighted by Crippen LogP contribution is -2.29. The van der Waals surface area contributed by atoms with Crippen molar-refractivity contribution in [3.8, 4) is 5.75 Å². The van der Waals surface area contributed by atoms with Crippen LogP contribution in [0.1, 0.15) is 42.6 Å². The molecule has 0 saturated heterocycles. The number of benzene rings is 2. The molecule has 0 unspecified atom stereocenters. The summed E-state index contributed by atoms with van der Waals surface area (Å²) in [6, 6.07) is 14.7. The summed E-state index contributed by atoms with van der Waals surface area (Å²) in [7, 11) is -2.02. The van der Waals surface area contributed by atoms with Gasteiger partial charge in [0.25, 0.3) is 5.89 Å². The van der Waals surface area contributed by atoms with Gasteiger partial charge in [-0.15, -0.1) is 0 Å². The number of aryl methyl sites for hydroxylation is 1. The number of sulfonamides is 1. The average Bonchev–Trinajstić information content (AvgIpc) is 3.19. The molecule has 0 N–H and O–H groups in total. The third kappa shape index (κ3) is 5.25. The standard InChI is InChI=1S/C22H27N3O4S/c1-16(2)18-9-11-19(12-10-18)30(26,27)25(4)14-13-21-23-22(29-24-21)15-28-20-8-6-5-7-17(20)3/h5-12,16H,13-15H2,1-4H3. The van der Waals surface area contributed by atoms with Crippen LogP contribution in [0.5, 0.6) is 5.75 Å². The van der Waals surface area contributed by atoms with Crippen molar-refractivity contribution in [2.75, 3.05) is 13.6 Å². The maximum absolute atomic E-state index is 12.8. The van der Waals surface area contributed by atoms with Gasteiger partial charge in [-0.1, -0.05) is 49.3 Å². The van der Waals surface area contributed by atoms with Gasteiger partial charge < -0.3 is 9.26 Å². The Bertz CT molecular complexity index is 1080. The predicted molar refractivity (Wildman–Crippen MR) is 114 cm³/mol. The van der Waals surface area contributed by atoms with Crippen LogP contribution in [-0.2, 0) is 23.1 Å². The molecule has 0 atom stereocenters. The largest absolute Gasteiger partial charge is 0.483 e. The fourth-order valence-electron chi connectivity index (χ4n) is 2.89. The number of hydrogen-bond donors (Lipinski definition) is 0. The van der Waals surface area contributed by atoms with Crippen LogP contribution in [0.4, 0.5) is 0 Å². The zero-order valence-electron chi connectivity index (χ0n) is 17.7. The fourth-order valence-corrected chi connectivity index (χ4v) is 4.06. The molecule has 2 aromatic carbocycles. The lowest BCUT2D eigenvalue weighted by Gasteiger charge is -2.17. The monoisotopic (exact) mass is 429 g/mol. The van der Waals surface area contributed by atoms with E-state index < -0.39 is 10.0 Å². The molecule has 0 aliphatic carbocycles. The van der Waals surface area contributed by atoms with Crippen LogP contribution < -0.4 is 4.74 Å². The highest BCUT2D eigenvalue weighted by Crippen LogP contribution is 2.20. The Labute approximate surface area is 177 Å². The van der Waals surface area contributed by atoms with Crippen molar-refractivity contribution in [1.29, 1.82) is 0 Å². The molecule has 1 heterocycles. The second-order valence-corrected chi connectivity index (χ2v) is 9.50. The Morgan fingerprint density at radius 3 is 2.47 bits per heavy atom. The van der Waals surface area contributed by atoms with Crippen molar-refractivity contribution in [3.63, 3.8) is 0 Å². The lowest BCUT2D eigenvalue weighted by atomic mass is 10.0. The highest BCUT2D eigenvalue weighted by atomic mass is 32.2. The molecule has 8 heteroatoms. The van der Waals surface area contributed by atoms with Gasteiger partial charge in [-0.25, -0.2) is 12.7 Å². The number of hydrogen-bond acceptors (Lipinski definition) is 6. The zero-order chi connectivity index (χ0) is 21.7. The molecule has 3 aromatic rings. The van der Waals surface area contributed by atoms with E-state index in [0.717, 1.165) is 16.9 Å². The topological polar surface area (TPSA) is 85.5 Å². The van der Waals surface area contributed by atoms with Gasteiger partial charge in [0.05, 0.1) is 4.90 Å². The Hall–Kier alpha value is -2.71. The van der Waals surface area contributed by atoms with E-state index in [0.29, 0.717) is 24.1 Å². The summed E-state index contributed by atoms with van der Waals surface area (Å²) in [4.78, 5) is 4.56. The maximum atomic E-state index is 12.8. The minimum absolute atomic E-state index is 0.161. The molecule has 0 aliphatic rings. The molecule has 0 aliphatic heterocycles. The summed E-state index contributed by atoms with van der Waals surface area (Å²) in [6.07, 6.45) is 0.341. The highest BCUT2D eigenvalue weighted by Gasteiger charge is 2.21. The molecule has 3 rings (SSSR count). The van der Waals surface area contributed by atoms with Crippen LogP contribution in [0.2, 0.25) is 0 Å². The Morgan fingerprint density at radius 1 is 1.10 bits per heavy atom. The molecule has 0 bridgehead atoms. The smallest absolute Gasteiger partial charge is 0.264 e. The van der Waals surface area contributed by atoms with Crippen molar-refractivity contribution in [3.05, 3.63) is 71.4 Å². The summed E-state index contributed by atoms with van der Waals surface area (Å²) in [5.41, 5.74) is 2.12. The average molecular weight is 430 g/mol. The first kappa shape index (κ1) is 22.0. The highest BCUT2D eigenvalue weighted by molar-refractivity contribution is 7.89. The van der Waals surface area contributed by atoms with Crippen LogP contribution in [0.15, 0.2) is 57.9 Å². The Morgan fingerprint density at radius 2 is 1.80 bits per heavy atom. The number of aromatic nitrogens is 2. The number of para-hydroxylation sites is 1. The molecular weight excluding hydrogens is 402 g/mol. The molecular formula is C22H27N3O4S. The van der Waals surface area contributed by atoms with Crippen molar-refractivity contribution in [1.82, 2.24) is 14.4 Å². The van der Waals surface area contributed by atoms with Crippen LogP contribution >= 0.6 is 0 Å². The molecule has 1 aromatic heterocycles. The summed E-state index contributed by atoms with van der Waals surface area (Å²) in [5, 5.41) is 3.92. The SMILES string of the molecule is Cc1ccccc1OCc1nc(CCN(C)S(=O)(=O)c2ccc(C(C)C)cc2)no1. The first-order valence-corrected chi connectivity index (χ1v) is 11.3. The van der Waals surface area contributed by atoms with Crippen LogP contribution in [-0.4, -0.2) is 36.5 Å². The molecule has 30 heavy (non-hydrogen) atoms. The van der Waals surface area contributed by atoms with Gasteiger partial charge in [-0.3, -0.25) is 0 Å². The van der Waals surface area contributed by atoms with Crippen LogP contribution in [0.25, 0.3) is 0 Å². The number of nitrogens with zero attached hydrogens (tertiary/aromatic N) is 3. The van der Waals surface area contributed by atoms with E-state index in [1.165, 1.54) is 4.31 Å². The van der Waals surface area contributed by atoms with Crippen molar-refractivity contribution < 1.29 is 17.7 Å². The lowest BCUT2D eigenvalue weighted by molar-refractivity contribution is 0.241. The summed E-state index contributed by atoms with van der Waals surface area (Å²) < 4.78 is 37.8. The first-order valence-electron chi connectivity index (χ1n) is 9.83. The maximum Gasteiger partial charge on any atom is 0.264 e. The van der Waals surface area contributed by atoms with E-state index in [9.17, 15) is 8.42 Å². The quantitative estimate of drug-likeness (QED) is 0.512. The van der Waals surface area contributed by atoms with E-state index in [1.807, 2.05) is 43.3 Å². The Balaban J connectivity index is 1.56. The molecule has 0 radical (unpaired) electrons. The molecule has 0 amide bonds. The summed E-state index contributed by atoms with van der Waals surface area (Å²) >= 11 is 0. The van der Waals surface area contributed by atoms with Gasteiger partial charge in [0.15, 0.2) is 12.4 Å². The summed E-state index contributed by atoms with van der Waals surface area (Å²) in [6.45, 7) is 6.50. The predicted octanol–water partition coefficient (Wildman–Crippen LogP) is 3.94. The third-order valence-corrected chi connectivity index (χ3v) is 6.73. The van der Waals surface area contributed by atoms with E-state index in [2.05, 4.69) is 24.0 Å². The molecule has 0 saturated carbocycles. The van der Waals surface area contributed by atoms with Crippen molar-refractivity contribution in [2.45, 2.75) is 44.6 Å². The van der Waals surface area contributed by atoms with Crippen molar-refractivity contribution >= 4 is 10.0 Å². The van der Waals surface area contributed by atoms with E-state index in [-0.39, 0.29) is 18.0 Å². The molecule has 160 valence electrons. The molecule has 0 fully saturated rings. The fraction of sp³-hybridized carbons (Fsp3) is 0.364. The number of rotatable bonds is 9. The van der Waals surface area contributed by atoms with E-state index in [1.54, 1.807) is 19.2 Å². The third-order valence-electron chi connectivity index (χ3n) is 4.86. The number of likely N-dealkylation sites (N-methyl/N-ethyl adjacent to an activating group) is 1. The van der Waals surface area contributed by atoms with Gasteiger partial charge in [0.2, 0.25) is 10.0 Å². The zero-order valence-corrected chi connectivity index (χ0v) is 18.5. The molecule has 0 spiro atoms. The second-order valence-electron chi connectivity index (χ2n) is 7.46. The van der Waals surface area contributed by atoms with Gasteiger partial charge in [-0.05, 0) is 42.2 Å². The van der Waals surface area contributed by atoms with E-state index >= 15 is 0 Å². The van der Waals surface area contributed by atoms with Crippen LogP contribution in [0, 0.1) is 6.92 Å². The van der Waals surface area contributed by atoms with Gasteiger partial charge in [-0.2, -0.15) is 4.98 Å². The minimum Gasteiger partial charge on any atom is -0.483 e. The van der Waals surface area contributed by atoms with Crippen LogP contribution in [0.3, 0.4) is 0 Å². The second kappa shape index (κ2) is 9.40. The minimum atomic E-state index is -3.57. The first-order chi connectivity index (χ1) is 14.3. The van der Waals surface area contributed by atoms with Gasteiger partial charge in [0, 0.05) is 20.0 Å². The van der Waals surface area contributed by atoms with Gasteiger partial charge >= 0.3 is 0 Å². The number of ether oxygens (including phenoxy) is 1. The normalized spacial score (nSPS) is 11.9. The summed E-state index contributed by atoms with van der Waals surface area (Å²) in [5.74, 6) is 1.90. The van der Waals surface area contributed by atoms with Crippen molar-refractivity contribution in [2.24, 2.45) is 0 Å².